The Balaban J connectivity index is 1.31. The average Bonchev–Trinajstić information content (AvgIpc) is 3.30. The number of aliphatic carboxylic acids is 1. The molecule has 1 atom stereocenters. The van der Waals surface area contributed by atoms with Crippen molar-refractivity contribution >= 4 is 32.4 Å². The number of hydrogen-bond acceptors (Lipinski definition) is 5. The van der Waals surface area contributed by atoms with Crippen LogP contribution in [0.3, 0.4) is 0 Å². The Morgan fingerprint density at radius 3 is 2.76 bits per heavy atom. The lowest BCUT2D eigenvalue weighted by Gasteiger charge is -2.35. The Bertz CT molecular complexity index is 1100. The molecule has 3 N–H and O–H groups in total. The molecule has 3 aliphatic rings. The van der Waals surface area contributed by atoms with Crippen LogP contribution in [-0.2, 0) is 4.79 Å². The number of carbonyl (C=O) groups is 1. The van der Waals surface area contributed by atoms with Gasteiger partial charge >= 0.3 is 5.97 Å². The van der Waals surface area contributed by atoms with Crippen LogP contribution in [0.15, 0.2) is 63.6 Å². The highest BCUT2D eigenvalue weighted by Gasteiger charge is 2.40. The molecule has 1 unspecified atom stereocenters. The van der Waals surface area contributed by atoms with Crippen LogP contribution in [0, 0.1) is 5.41 Å². The summed E-state index contributed by atoms with van der Waals surface area (Å²) in [5.41, 5.74) is 6.22. The number of aromatic nitrogens is 1. The Kier molecular flexibility index (Phi) is 7.27. The molecular formula is C25H31FN5O2P. The van der Waals surface area contributed by atoms with Gasteiger partial charge in [-0.05, 0) is 68.5 Å². The van der Waals surface area contributed by atoms with E-state index < -0.39 is 11.4 Å². The van der Waals surface area contributed by atoms with E-state index in [2.05, 4.69) is 41.6 Å². The van der Waals surface area contributed by atoms with Crippen LogP contribution < -0.4 is 10.7 Å². The molecule has 0 radical (unpaired) electrons. The zero-order chi connectivity index (χ0) is 24.3. The number of nitrogens with zero attached hydrogens (tertiary/aromatic N) is 3. The summed E-state index contributed by atoms with van der Waals surface area (Å²) in [4.78, 5) is 20.8. The molecule has 0 aromatic carbocycles. The molecule has 0 bridgehead atoms. The Morgan fingerprint density at radius 2 is 2.15 bits per heavy atom. The van der Waals surface area contributed by atoms with Crippen LogP contribution in [-0.4, -0.2) is 27.6 Å². The topological polar surface area (TPSA) is 99.0 Å². The second-order valence-corrected chi connectivity index (χ2v) is 9.90. The van der Waals surface area contributed by atoms with E-state index in [9.17, 15) is 14.3 Å². The first-order valence-corrected chi connectivity index (χ1v) is 12.3. The van der Waals surface area contributed by atoms with E-state index in [1.54, 1.807) is 6.20 Å². The Labute approximate surface area is 201 Å². The third-order valence-electron chi connectivity index (χ3n) is 7.11. The van der Waals surface area contributed by atoms with Crippen LogP contribution in [0.1, 0.15) is 69.9 Å². The number of halogens is 1. The van der Waals surface area contributed by atoms with Crippen LogP contribution in [0.4, 0.5) is 10.1 Å². The molecule has 0 saturated heterocycles. The van der Waals surface area contributed by atoms with Crippen molar-refractivity contribution in [1.82, 2.24) is 10.4 Å². The van der Waals surface area contributed by atoms with Crippen LogP contribution in [0.2, 0.25) is 0 Å². The molecule has 4 rings (SSSR count). The molecule has 9 heteroatoms. The summed E-state index contributed by atoms with van der Waals surface area (Å²) in [5.74, 6) is 0.0383. The first-order chi connectivity index (χ1) is 16.3. The predicted molar refractivity (Wildman–Crippen MR) is 136 cm³/mol. The molecule has 7 nitrogen and oxygen atoms in total. The van der Waals surface area contributed by atoms with Crippen molar-refractivity contribution in [3.05, 3.63) is 59.2 Å². The predicted octanol–water partition coefficient (Wildman–Crippen LogP) is 5.63. The number of nitrogens with one attached hydrogen (secondary N) is 2. The van der Waals surface area contributed by atoms with Gasteiger partial charge in [0.2, 0.25) is 0 Å². The average molecular weight is 484 g/mol. The number of hydrazone groups is 1. The molecule has 180 valence electrons. The van der Waals surface area contributed by atoms with Gasteiger partial charge in [0.1, 0.15) is 11.7 Å². The highest BCUT2D eigenvalue weighted by atomic mass is 31.0. The van der Waals surface area contributed by atoms with Crippen LogP contribution in [0.5, 0.6) is 0 Å². The van der Waals surface area contributed by atoms with E-state index in [0.29, 0.717) is 61.1 Å². The lowest BCUT2D eigenvalue weighted by Crippen LogP contribution is -2.34. The highest BCUT2D eigenvalue weighted by molar-refractivity contribution is 7.22. The van der Waals surface area contributed by atoms with Gasteiger partial charge in [0.15, 0.2) is 0 Å². The lowest BCUT2D eigenvalue weighted by molar-refractivity contribution is -0.151. The monoisotopic (exact) mass is 483 g/mol. The number of carboxylic acid groups (broad SMARTS) is 1. The molecule has 2 heterocycles. The fourth-order valence-corrected chi connectivity index (χ4v) is 4.94. The molecule has 0 spiro atoms. The number of aliphatic imine (C=N–C) groups is 1. The zero-order valence-electron chi connectivity index (χ0n) is 19.4. The lowest BCUT2D eigenvalue weighted by atomic mass is 9.68. The number of carboxylic acids is 1. The number of allylic oxidation sites excluding steroid dienone is 5. The van der Waals surface area contributed by atoms with Gasteiger partial charge in [0, 0.05) is 17.3 Å². The molecule has 1 aliphatic heterocycles. The molecule has 0 amide bonds. The van der Waals surface area contributed by atoms with Gasteiger partial charge in [-0.3, -0.25) is 15.2 Å². The molecule has 34 heavy (non-hydrogen) atoms. The summed E-state index contributed by atoms with van der Waals surface area (Å²) in [6.45, 7) is 6.05. The molecule has 1 saturated carbocycles. The number of amidine groups is 1. The van der Waals surface area contributed by atoms with Crippen molar-refractivity contribution in [2.24, 2.45) is 15.5 Å². The van der Waals surface area contributed by atoms with Gasteiger partial charge in [-0.1, -0.05) is 13.5 Å². The third-order valence-corrected chi connectivity index (χ3v) is 7.67. The standard InChI is InChI=1S/C25H31FN5O2P/c1-3-25(24(32)33)10-8-16(9-11-25)20-6-4-18(14-27-20)28-15(2)21-13-23(31-30-21)29-17-5-7-22(34)19(26)12-17/h4,6,12,14,16,28H,2-3,5,7-11,13,34H2,1H3,(H,29,31)(H,32,33). The minimum Gasteiger partial charge on any atom is -0.481 e. The normalized spacial score (nSPS) is 26.1. The SMILES string of the molecule is C=C(Nc1ccc(C2CCC(CC)(C(=O)O)CC2)nc1)C1=NNC(=NC2=CC(F)=C(P)CC2)C1. The smallest absolute Gasteiger partial charge is 0.309 e. The van der Waals surface area contributed by atoms with Gasteiger partial charge in [0.25, 0.3) is 0 Å². The quantitative estimate of drug-likeness (QED) is 0.437. The minimum absolute atomic E-state index is 0.239. The van der Waals surface area contributed by atoms with Crippen LogP contribution in [0.25, 0.3) is 0 Å². The maximum absolute atomic E-state index is 13.8. The summed E-state index contributed by atoms with van der Waals surface area (Å²) in [5, 5.41) is 17.8. The summed E-state index contributed by atoms with van der Waals surface area (Å²) in [7, 11) is 2.43. The van der Waals surface area contributed by atoms with Crippen molar-refractivity contribution in [1.29, 1.82) is 0 Å². The molecular weight excluding hydrogens is 452 g/mol. The van der Waals surface area contributed by atoms with Crippen molar-refractivity contribution in [3.63, 3.8) is 0 Å². The fourth-order valence-electron chi connectivity index (χ4n) is 4.72. The number of hydrogen-bond donors (Lipinski definition) is 3. The second kappa shape index (κ2) is 10.2. The Morgan fingerprint density at radius 1 is 1.38 bits per heavy atom. The molecule has 2 aliphatic carbocycles. The van der Waals surface area contributed by atoms with Crippen LogP contribution >= 0.6 is 9.24 Å². The first-order valence-electron chi connectivity index (χ1n) is 11.7. The third kappa shape index (κ3) is 5.27. The van der Waals surface area contributed by atoms with Gasteiger partial charge < -0.3 is 10.4 Å². The maximum atomic E-state index is 13.8. The van der Waals surface area contributed by atoms with Gasteiger partial charge in [-0.15, -0.1) is 9.24 Å². The summed E-state index contributed by atoms with van der Waals surface area (Å²) < 4.78 is 13.8. The Hall–Kier alpha value is -2.86. The molecule has 1 aromatic heterocycles. The van der Waals surface area contributed by atoms with E-state index in [0.717, 1.165) is 29.9 Å². The summed E-state index contributed by atoms with van der Waals surface area (Å²) >= 11 is 0. The van der Waals surface area contributed by atoms with Crippen molar-refractivity contribution in [2.75, 3.05) is 5.32 Å². The van der Waals surface area contributed by atoms with Crippen molar-refractivity contribution in [2.45, 2.75) is 64.2 Å². The van der Waals surface area contributed by atoms with E-state index in [-0.39, 0.29) is 11.7 Å². The number of anilines is 1. The van der Waals surface area contributed by atoms with E-state index in [1.807, 2.05) is 19.1 Å². The first kappa shape index (κ1) is 24.3. The van der Waals surface area contributed by atoms with Gasteiger partial charge in [0.05, 0.1) is 35.1 Å². The summed E-state index contributed by atoms with van der Waals surface area (Å²) in [6.07, 6.45) is 8.80. The minimum atomic E-state index is -0.675. The molecule has 1 aromatic rings. The number of rotatable bonds is 7. The highest BCUT2D eigenvalue weighted by Crippen LogP contribution is 2.45. The fraction of sp³-hybridized carbons (Fsp3) is 0.440. The second-order valence-electron chi connectivity index (χ2n) is 9.20. The number of pyridine rings is 1. The maximum Gasteiger partial charge on any atom is 0.309 e. The largest absolute Gasteiger partial charge is 0.481 e. The van der Waals surface area contributed by atoms with Gasteiger partial charge in [-0.2, -0.15) is 5.10 Å². The zero-order valence-corrected chi connectivity index (χ0v) is 20.6. The molecule has 1 fully saturated rings. The summed E-state index contributed by atoms with van der Waals surface area (Å²) in [6, 6.07) is 3.96. The van der Waals surface area contributed by atoms with E-state index >= 15 is 0 Å². The van der Waals surface area contributed by atoms with E-state index in [1.165, 1.54) is 6.08 Å². The van der Waals surface area contributed by atoms with Crippen molar-refractivity contribution in [3.8, 4) is 0 Å². The van der Waals surface area contributed by atoms with Crippen molar-refractivity contribution < 1.29 is 14.3 Å². The van der Waals surface area contributed by atoms with Gasteiger partial charge in [-0.25, -0.2) is 9.38 Å². The van der Waals surface area contributed by atoms with E-state index in [4.69, 9.17) is 0 Å².